The number of nitrogens with one attached hydrogen (secondary N) is 1. The first-order chi connectivity index (χ1) is 13.4. The van der Waals surface area contributed by atoms with Gasteiger partial charge in [0.2, 0.25) is 11.8 Å². The van der Waals surface area contributed by atoms with E-state index in [4.69, 9.17) is 0 Å². The summed E-state index contributed by atoms with van der Waals surface area (Å²) in [5, 5.41) is 12.2. The van der Waals surface area contributed by atoms with Crippen molar-refractivity contribution in [1.82, 2.24) is 25.0 Å². The summed E-state index contributed by atoms with van der Waals surface area (Å²) < 4.78 is 2.02. The molecular formula is C20H29N5O2S. The van der Waals surface area contributed by atoms with Crippen LogP contribution in [0.5, 0.6) is 0 Å². The quantitative estimate of drug-likeness (QED) is 0.651. The monoisotopic (exact) mass is 403 g/mol. The fourth-order valence-corrected chi connectivity index (χ4v) is 3.74. The van der Waals surface area contributed by atoms with Gasteiger partial charge in [-0.1, -0.05) is 36.0 Å². The van der Waals surface area contributed by atoms with Crippen molar-refractivity contribution in [3.63, 3.8) is 0 Å². The minimum Gasteiger partial charge on any atom is -0.352 e. The van der Waals surface area contributed by atoms with Crippen LogP contribution < -0.4 is 5.32 Å². The first-order valence-electron chi connectivity index (χ1n) is 9.56. The minimum absolute atomic E-state index is 0.0543. The number of likely N-dealkylation sites (N-methyl/N-ethyl adjacent to an activating group) is 1. The van der Waals surface area contributed by atoms with Crippen LogP contribution in [-0.2, 0) is 16.1 Å². The highest BCUT2D eigenvalue weighted by Gasteiger charge is 2.19. The van der Waals surface area contributed by atoms with E-state index in [1.165, 1.54) is 11.8 Å². The maximum absolute atomic E-state index is 12.6. The van der Waals surface area contributed by atoms with E-state index in [0.717, 1.165) is 17.0 Å². The van der Waals surface area contributed by atoms with Crippen LogP contribution in [0.4, 0.5) is 0 Å². The highest BCUT2D eigenvalue weighted by Crippen LogP contribution is 2.26. The number of rotatable bonds is 9. The predicted octanol–water partition coefficient (Wildman–Crippen LogP) is 2.74. The summed E-state index contributed by atoms with van der Waals surface area (Å²) in [7, 11) is 0. The molecule has 0 bridgehead atoms. The standard InChI is InChI=1S/C20H29N5O2S/c1-6-24(12-17(26)21-14(3)4)18(27)13-28-20-23-22-19(25(20)7-2)16-11-9-8-10-15(16)5/h8-11,14H,6-7,12-13H2,1-5H3,(H,21,26). The van der Waals surface area contributed by atoms with Crippen LogP contribution in [0.3, 0.4) is 0 Å². The largest absolute Gasteiger partial charge is 0.352 e. The Bertz CT molecular complexity index is 819. The minimum atomic E-state index is -0.145. The Morgan fingerprint density at radius 1 is 1.21 bits per heavy atom. The average molecular weight is 404 g/mol. The smallest absolute Gasteiger partial charge is 0.239 e. The molecule has 1 aromatic carbocycles. The van der Waals surface area contributed by atoms with Gasteiger partial charge in [-0.2, -0.15) is 0 Å². The van der Waals surface area contributed by atoms with E-state index in [2.05, 4.69) is 15.5 Å². The molecule has 1 N–H and O–H groups in total. The molecule has 0 unspecified atom stereocenters. The lowest BCUT2D eigenvalue weighted by molar-refractivity contribution is -0.134. The SMILES string of the molecule is CCN(CC(=O)NC(C)C)C(=O)CSc1nnc(-c2ccccc2C)n1CC. The first-order valence-corrected chi connectivity index (χ1v) is 10.5. The number of thioether (sulfide) groups is 1. The maximum Gasteiger partial charge on any atom is 0.239 e. The van der Waals surface area contributed by atoms with Gasteiger partial charge in [0.05, 0.1) is 12.3 Å². The summed E-state index contributed by atoms with van der Waals surface area (Å²) in [4.78, 5) is 26.1. The molecule has 2 rings (SSSR count). The molecule has 7 nitrogen and oxygen atoms in total. The molecule has 0 fully saturated rings. The number of carbonyl (C=O) groups excluding carboxylic acids is 2. The summed E-state index contributed by atoms with van der Waals surface area (Å²) in [5.41, 5.74) is 2.17. The summed E-state index contributed by atoms with van der Waals surface area (Å²) >= 11 is 1.35. The van der Waals surface area contributed by atoms with Crippen molar-refractivity contribution in [2.45, 2.75) is 52.4 Å². The number of carbonyl (C=O) groups is 2. The topological polar surface area (TPSA) is 80.1 Å². The van der Waals surface area contributed by atoms with Crippen molar-refractivity contribution in [3.05, 3.63) is 29.8 Å². The molecule has 152 valence electrons. The van der Waals surface area contributed by atoms with E-state index in [9.17, 15) is 9.59 Å². The van der Waals surface area contributed by atoms with Gasteiger partial charge in [-0.15, -0.1) is 10.2 Å². The lowest BCUT2D eigenvalue weighted by Crippen LogP contribution is -2.43. The number of hydrogen-bond acceptors (Lipinski definition) is 5. The Hall–Kier alpha value is -2.35. The third kappa shape index (κ3) is 5.58. The fraction of sp³-hybridized carbons (Fsp3) is 0.500. The van der Waals surface area contributed by atoms with Crippen LogP contribution in [0, 0.1) is 6.92 Å². The summed E-state index contributed by atoms with van der Waals surface area (Å²) in [6.07, 6.45) is 0. The van der Waals surface area contributed by atoms with Gasteiger partial charge in [0.25, 0.3) is 0 Å². The highest BCUT2D eigenvalue weighted by atomic mass is 32.2. The van der Waals surface area contributed by atoms with Crippen molar-refractivity contribution >= 4 is 23.6 Å². The second-order valence-corrected chi connectivity index (χ2v) is 7.73. The molecule has 0 aliphatic carbocycles. The number of aromatic nitrogens is 3. The lowest BCUT2D eigenvalue weighted by atomic mass is 10.1. The van der Waals surface area contributed by atoms with Gasteiger partial charge < -0.3 is 14.8 Å². The van der Waals surface area contributed by atoms with Gasteiger partial charge in [-0.3, -0.25) is 9.59 Å². The molecule has 1 aromatic heterocycles. The molecule has 0 aliphatic heterocycles. The molecule has 0 spiro atoms. The molecule has 2 amide bonds. The van der Waals surface area contributed by atoms with Crippen LogP contribution in [0.25, 0.3) is 11.4 Å². The van der Waals surface area contributed by atoms with Crippen molar-refractivity contribution in [3.8, 4) is 11.4 Å². The van der Waals surface area contributed by atoms with Crippen LogP contribution in [-0.4, -0.2) is 56.4 Å². The fourth-order valence-electron chi connectivity index (χ4n) is 2.84. The van der Waals surface area contributed by atoms with Gasteiger partial charge in [-0.05, 0) is 40.2 Å². The Morgan fingerprint density at radius 2 is 1.93 bits per heavy atom. The first kappa shape index (κ1) is 21.9. The van der Waals surface area contributed by atoms with E-state index in [1.54, 1.807) is 4.90 Å². The van der Waals surface area contributed by atoms with Crippen molar-refractivity contribution < 1.29 is 9.59 Å². The second-order valence-electron chi connectivity index (χ2n) is 6.78. The van der Waals surface area contributed by atoms with Crippen LogP contribution >= 0.6 is 11.8 Å². The normalized spacial score (nSPS) is 10.9. The number of nitrogens with zero attached hydrogens (tertiary/aromatic N) is 4. The number of benzene rings is 1. The van der Waals surface area contributed by atoms with Crippen LogP contribution in [0.2, 0.25) is 0 Å². The maximum atomic E-state index is 12.6. The van der Waals surface area contributed by atoms with Gasteiger partial charge in [0.1, 0.15) is 0 Å². The zero-order chi connectivity index (χ0) is 20.7. The zero-order valence-electron chi connectivity index (χ0n) is 17.2. The van der Waals surface area contributed by atoms with Gasteiger partial charge in [0.15, 0.2) is 11.0 Å². The molecule has 2 aromatic rings. The zero-order valence-corrected chi connectivity index (χ0v) is 18.0. The number of amides is 2. The molecule has 0 atom stereocenters. The Kier molecular flexibility index (Phi) is 8.04. The van der Waals surface area contributed by atoms with Crippen molar-refractivity contribution in [2.24, 2.45) is 0 Å². The van der Waals surface area contributed by atoms with Crippen LogP contribution in [0.1, 0.15) is 33.3 Å². The number of aryl methyl sites for hydroxylation is 1. The van der Waals surface area contributed by atoms with Gasteiger partial charge in [-0.25, -0.2) is 0 Å². The molecule has 0 saturated heterocycles. The van der Waals surface area contributed by atoms with Gasteiger partial charge >= 0.3 is 0 Å². The molecule has 0 saturated carbocycles. The molecule has 0 radical (unpaired) electrons. The Balaban J connectivity index is 2.06. The third-order valence-electron chi connectivity index (χ3n) is 4.26. The molecule has 1 heterocycles. The van der Waals surface area contributed by atoms with E-state index in [0.29, 0.717) is 18.2 Å². The Morgan fingerprint density at radius 3 is 2.54 bits per heavy atom. The summed E-state index contributed by atoms with van der Waals surface area (Å²) in [6.45, 7) is 11.0. The van der Waals surface area contributed by atoms with E-state index in [1.807, 2.05) is 63.5 Å². The summed E-state index contributed by atoms with van der Waals surface area (Å²) in [5.74, 6) is 0.789. The highest BCUT2D eigenvalue weighted by molar-refractivity contribution is 7.99. The third-order valence-corrected chi connectivity index (χ3v) is 5.21. The second kappa shape index (κ2) is 10.3. The number of hydrogen-bond donors (Lipinski definition) is 1. The predicted molar refractivity (Wildman–Crippen MR) is 112 cm³/mol. The van der Waals surface area contributed by atoms with Crippen molar-refractivity contribution in [1.29, 1.82) is 0 Å². The van der Waals surface area contributed by atoms with E-state index < -0.39 is 0 Å². The summed E-state index contributed by atoms with van der Waals surface area (Å²) in [6, 6.07) is 8.10. The molecule has 0 aliphatic rings. The lowest BCUT2D eigenvalue weighted by Gasteiger charge is -2.21. The van der Waals surface area contributed by atoms with Crippen molar-refractivity contribution in [2.75, 3.05) is 18.8 Å². The molecular weight excluding hydrogens is 374 g/mol. The van der Waals surface area contributed by atoms with E-state index >= 15 is 0 Å². The Labute approximate surface area is 170 Å². The molecule has 28 heavy (non-hydrogen) atoms. The average Bonchev–Trinajstić information content (AvgIpc) is 3.06. The molecule has 8 heteroatoms. The van der Waals surface area contributed by atoms with E-state index in [-0.39, 0.29) is 30.2 Å². The van der Waals surface area contributed by atoms with Gasteiger partial charge in [0, 0.05) is 24.7 Å². The van der Waals surface area contributed by atoms with Crippen LogP contribution in [0.15, 0.2) is 29.4 Å².